The number of nitrogens with one attached hydrogen (secondary N) is 3. The van der Waals surface area contributed by atoms with Crippen LogP contribution in [0.3, 0.4) is 0 Å². The highest BCUT2D eigenvalue weighted by Gasteiger charge is 2.39. The van der Waals surface area contributed by atoms with E-state index in [1.54, 1.807) is 35.4 Å². The van der Waals surface area contributed by atoms with Gasteiger partial charge in [0.2, 0.25) is 0 Å². The van der Waals surface area contributed by atoms with Crippen LogP contribution in [0.25, 0.3) is 11.3 Å². The number of hydrogen-bond donors (Lipinski definition) is 3. The van der Waals surface area contributed by atoms with Gasteiger partial charge in [-0.3, -0.25) is 5.10 Å². The van der Waals surface area contributed by atoms with Gasteiger partial charge < -0.3 is 25.0 Å². The molecule has 2 aliphatic heterocycles. The van der Waals surface area contributed by atoms with E-state index in [1.807, 2.05) is 20.8 Å². The molecule has 0 saturated carbocycles. The van der Waals surface area contributed by atoms with E-state index in [2.05, 4.69) is 31.9 Å². The number of aliphatic imine (C=N–C) groups is 1. The number of nitrogens with zero attached hydrogens (tertiary/aromatic N) is 4. The molecule has 36 heavy (non-hydrogen) atoms. The zero-order chi connectivity index (χ0) is 25.9. The fourth-order valence-corrected chi connectivity index (χ4v) is 4.05. The minimum atomic E-state index is -1.58. The first kappa shape index (κ1) is 25.0. The second kappa shape index (κ2) is 9.89. The number of rotatable bonds is 5. The van der Waals surface area contributed by atoms with Gasteiger partial charge in [-0.2, -0.15) is 10.4 Å². The van der Waals surface area contributed by atoms with Crippen molar-refractivity contribution < 1.29 is 18.7 Å². The first-order valence-electron chi connectivity index (χ1n) is 11.7. The predicted molar refractivity (Wildman–Crippen MR) is 133 cm³/mol. The quantitative estimate of drug-likeness (QED) is 0.571. The van der Waals surface area contributed by atoms with E-state index in [9.17, 15) is 4.79 Å². The largest absolute Gasteiger partial charge is 0.496 e. The lowest BCUT2D eigenvalue weighted by molar-refractivity contribution is 0.00216. The summed E-state index contributed by atoms with van der Waals surface area (Å²) < 4.78 is 26.9. The number of aromatic nitrogens is 2. The molecule has 11 heteroatoms. The van der Waals surface area contributed by atoms with E-state index in [-0.39, 0.29) is 25.9 Å². The Labute approximate surface area is 209 Å². The maximum absolute atomic E-state index is 15.9. The standard InChI is InChI=1S/C25H30FN7O3/c1-24(2,3)36-23(34)33-9-7-25(26,8-10-33)16-5-6-18(20(11-16)35-4)19-12-21(32-31-19)30-22-15-28-17(13-27)14-29-22/h5-6,11-12,14-15,17,28H,7-10H2,1-4H3,(H2,30,31,32). The number of halogens is 1. The second-order valence-corrected chi connectivity index (χ2v) is 9.72. The van der Waals surface area contributed by atoms with Crippen molar-refractivity contribution in [2.75, 3.05) is 25.5 Å². The van der Waals surface area contributed by atoms with Crippen molar-refractivity contribution in [3.63, 3.8) is 0 Å². The molecule has 1 amide bonds. The van der Waals surface area contributed by atoms with Crippen LogP contribution in [0.15, 0.2) is 41.3 Å². The van der Waals surface area contributed by atoms with Crippen LogP contribution < -0.4 is 15.4 Å². The molecule has 1 atom stereocenters. The number of methoxy groups -OCH3 is 1. The highest BCUT2D eigenvalue weighted by molar-refractivity contribution is 5.73. The molecule has 1 aromatic heterocycles. The number of amides is 1. The summed E-state index contributed by atoms with van der Waals surface area (Å²) in [5, 5.41) is 22.1. The number of hydrogen-bond acceptors (Lipinski definition) is 8. The fourth-order valence-electron chi connectivity index (χ4n) is 4.05. The number of benzene rings is 1. The summed E-state index contributed by atoms with van der Waals surface area (Å²) in [6.07, 6.45) is 3.03. The van der Waals surface area contributed by atoms with Crippen LogP contribution in [0.4, 0.5) is 15.0 Å². The molecule has 1 unspecified atom stereocenters. The SMILES string of the molecule is COc1cc(C2(F)CCN(C(=O)OC(C)(C)C)CC2)ccc1-c1cc(NC2=CNC(C#N)C=N2)n[nH]1. The summed E-state index contributed by atoms with van der Waals surface area (Å²) in [6.45, 7) is 5.97. The Bertz CT molecular complexity index is 1220. The average molecular weight is 496 g/mol. The smallest absolute Gasteiger partial charge is 0.410 e. The van der Waals surface area contributed by atoms with Crippen molar-refractivity contribution in [2.24, 2.45) is 4.99 Å². The summed E-state index contributed by atoms with van der Waals surface area (Å²) in [7, 11) is 1.53. The topological polar surface area (TPSA) is 128 Å². The molecule has 3 N–H and O–H groups in total. The van der Waals surface area contributed by atoms with E-state index in [1.165, 1.54) is 13.3 Å². The molecule has 4 rings (SSSR count). The van der Waals surface area contributed by atoms with Gasteiger partial charge in [0.05, 0.1) is 18.9 Å². The van der Waals surface area contributed by atoms with Gasteiger partial charge in [-0.15, -0.1) is 0 Å². The summed E-state index contributed by atoms with van der Waals surface area (Å²) >= 11 is 0. The van der Waals surface area contributed by atoms with E-state index in [4.69, 9.17) is 14.7 Å². The van der Waals surface area contributed by atoms with Crippen molar-refractivity contribution in [1.82, 2.24) is 20.4 Å². The molecular formula is C25H30FN7O3. The number of carbonyl (C=O) groups is 1. The van der Waals surface area contributed by atoms with E-state index < -0.39 is 23.4 Å². The fraction of sp³-hybridized carbons (Fsp3) is 0.440. The highest BCUT2D eigenvalue weighted by Crippen LogP contribution is 2.41. The van der Waals surface area contributed by atoms with Gasteiger partial charge in [0.25, 0.3) is 0 Å². The molecule has 2 aromatic rings. The number of ether oxygens (including phenoxy) is 2. The van der Waals surface area contributed by atoms with Gasteiger partial charge in [0, 0.05) is 50.0 Å². The van der Waals surface area contributed by atoms with Crippen molar-refractivity contribution in [3.05, 3.63) is 41.8 Å². The lowest BCUT2D eigenvalue weighted by Crippen LogP contribution is -2.45. The molecule has 3 heterocycles. The first-order valence-corrected chi connectivity index (χ1v) is 11.7. The minimum Gasteiger partial charge on any atom is -0.496 e. The number of likely N-dealkylation sites (tertiary alicyclic amines) is 1. The van der Waals surface area contributed by atoms with E-state index in [0.29, 0.717) is 28.6 Å². The molecule has 1 saturated heterocycles. The van der Waals surface area contributed by atoms with Crippen LogP contribution >= 0.6 is 0 Å². The first-order chi connectivity index (χ1) is 17.1. The van der Waals surface area contributed by atoms with Crippen molar-refractivity contribution >= 4 is 18.1 Å². The van der Waals surface area contributed by atoms with Crippen LogP contribution in [-0.4, -0.2) is 59.2 Å². The van der Waals surface area contributed by atoms with Crippen LogP contribution in [0.1, 0.15) is 39.2 Å². The molecule has 1 aromatic carbocycles. The third-order valence-electron chi connectivity index (χ3n) is 5.95. The Morgan fingerprint density at radius 3 is 2.67 bits per heavy atom. The number of H-pyrrole nitrogens is 1. The molecule has 1 fully saturated rings. The number of anilines is 1. The normalized spacial score (nSPS) is 19.1. The second-order valence-electron chi connectivity index (χ2n) is 9.72. The minimum absolute atomic E-state index is 0.170. The van der Waals surface area contributed by atoms with Gasteiger partial charge in [0.15, 0.2) is 5.82 Å². The number of nitriles is 1. The molecule has 0 radical (unpaired) electrons. The molecular weight excluding hydrogens is 465 g/mol. The maximum Gasteiger partial charge on any atom is 0.410 e. The van der Waals surface area contributed by atoms with Crippen LogP contribution in [0, 0.1) is 11.3 Å². The van der Waals surface area contributed by atoms with Gasteiger partial charge >= 0.3 is 6.09 Å². The number of piperidine rings is 1. The molecule has 0 bridgehead atoms. The predicted octanol–water partition coefficient (Wildman–Crippen LogP) is 4.06. The summed E-state index contributed by atoms with van der Waals surface area (Å²) in [4.78, 5) is 18.1. The number of alkyl halides is 1. The van der Waals surface area contributed by atoms with E-state index >= 15 is 4.39 Å². The zero-order valence-corrected chi connectivity index (χ0v) is 20.8. The Balaban J connectivity index is 1.45. The van der Waals surface area contributed by atoms with Crippen molar-refractivity contribution in [1.29, 1.82) is 5.26 Å². The zero-order valence-electron chi connectivity index (χ0n) is 20.8. The van der Waals surface area contributed by atoms with Crippen LogP contribution in [-0.2, 0) is 10.4 Å². The van der Waals surface area contributed by atoms with Gasteiger partial charge in [-0.25, -0.2) is 14.2 Å². The van der Waals surface area contributed by atoms with Gasteiger partial charge in [0.1, 0.15) is 28.9 Å². The molecule has 190 valence electrons. The third-order valence-corrected chi connectivity index (χ3v) is 5.95. The van der Waals surface area contributed by atoms with Crippen molar-refractivity contribution in [3.8, 4) is 23.1 Å². The lowest BCUT2D eigenvalue weighted by Gasteiger charge is -2.37. The average Bonchev–Trinajstić information content (AvgIpc) is 3.31. The lowest BCUT2D eigenvalue weighted by atomic mass is 9.85. The maximum atomic E-state index is 15.9. The number of carbonyl (C=O) groups excluding carboxylic acids is 1. The Morgan fingerprint density at radius 1 is 1.31 bits per heavy atom. The van der Waals surface area contributed by atoms with Gasteiger partial charge in [-0.1, -0.05) is 6.07 Å². The Morgan fingerprint density at radius 2 is 2.06 bits per heavy atom. The Hall–Kier alpha value is -4.07. The highest BCUT2D eigenvalue weighted by atomic mass is 19.1. The van der Waals surface area contributed by atoms with Gasteiger partial charge in [-0.05, 0) is 38.5 Å². The van der Waals surface area contributed by atoms with Crippen LogP contribution in [0.2, 0.25) is 0 Å². The third kappa shape index (κ3) is 5.59. The Kier molecular flexibility index (Phi) is 6.88. The molecule has 0 aliphatic carbocycles. The van der Waals surface area contributed by atoms with Crippen molar-refractivity contribution in [2.45, 2.75) is 50.9 Å². The summed E-state index contributed by atoms with van der Waals surface area (Å²) in [6, 6.07) is 8.62. The molecule has 2 aliphatic rings. The molecule has 0 spiro atoms. The number of aromatic amines is 1. The monoisotopic (exact) mass is 495 g/mol. The van der Waals surface area contributed by atoms with E-state index in [0.717, 1.165) is 5.56 Å². The molecule has 10 nitrogen and oxygen atoms in total. The summed E-state index contributed by atoms with van der Waals surface area (Å²) in [5.74, 6) is 1.54. The summed E-state index contributed by atoms with van der Waals surface area (Å²) in [5.41, 5.74) is -0.267. The van der Waals surface area contributed by atoms with Crippen LogP contribution in [0.5, 0.6) is 5.75 Å².